The number of carbonyl (C=O) groups excluding carboxylic acids is 2. The molecule has 0 bridgehead atoms. The van der Waals surface area contributed by atoms with E-state index in [1.165, 1.54) is 11.2 Å². The molecule has 146 valence electrons. The summed E-state index contributed by atoms with van der Waals surface area (Å²) in [6.45, 7) is 3.84. The molecular weight excluding hydrogens is 434 g/mol. The zero-order valence-electron chi connectivity index (χ0n) is 15.8. The Balaban J connectivity index is 1.95. The first-order valence-corrected chi connectivity index (χ1v) is 9.86. The predicted octanol–water partition coefficient (Wildman–Crippen LogP) is 5.29. The largest absolute Gasteiger partial charge is 0.507 e. The highest BCUT2D eigenvalue weighted by Crippen LogP contribution is 2.43. The van der Waals surface area contributed by atoms with Crippen molar-refractivity contribution < 1.29 is 19.1 Å². The SMILES string of the molecule is Cc1cccc(N2C(=O)C(=O)/C(=C(\O)c3ccc(Br)cc3)C2c2ccco2)c1C. The molecule has 1 atom stereocenters. The van der Waals surface area contributed by atoms with Crippen LogP contribution < -0.4 is 4.90 Å². The number of Topliss-reactive ketones (excluding diaryl/α,β-unsaturated/α-hetero) is 1. The number of aliphatic hydroxyl groups is 1. The molecule has 0 aliphatic carbocycles. The molecule has 2 heterocycles. The number of hydrogen-bond donors (Lipinski definition) is 1. The first kappa shape index (κ1) is 19.2. The van der Waals surface area contributed by atoms with Gasteiger partial charge in [0.25, 0.3) is 11.7 Å². The summed E-state index contributed by atoms with van der Waals surface area (Å²) in [4.78, 5) is 27.5. The van der Waals surface area contributed by atoms with Crippen molar-refractivity contribution >= 4 is 39.1 Å². The van der Waals surface area contributed by atoms with Crippen molar-refractivity contribution in [3.63, 3.8) is 0 Å². The molecule has 3 aromatic rings. The van der Waals surface area contributed by atoms with Crippen molar-refractivity contribution in [2.24, 2.45) is 0 Å². The number of hydrogen-bond acceptors (Lipinski definition) is 4. The molecule has 1 unspecified atom stereocenters. The Morgan fingerprint density at radius 1 is 1.03 bits per heavy atom. The summed E-state index contributed by atoms with van der Waals surface area (Å²) in [6, 6.07) is 15.0. The summed E-state index contributed by atoms with van der Waals surface area (Å²) in [5.41, 5.74) is 2.95. The van der Waals surface area contributed by atoms with E-state index in [9.17, 15) is 14.7 Å². The molecule has 5 nitrogen and oxygen atoms in total. The van der Waals surface area contributed by atoms with E-state index in [0.29, 0.717) is 17.0 Å². The topological polar surface area (TPSA) is 70.8 Å². The standard InChI is InChI=1S/C23H18BrNO4/c1-13-5-3-6-17(14(13)2)25-20(18-7-4-12-29-18)19(22(27)23(25)28)21(26)15-8-10-16(24)11-9-15/h3-12,20,26H,1-2H3/b21-19-. The average Bonchev–Trinajstić information content (AvgIpc) is 3.32. The number of rotatable bonds is 3. The van der Waals surface area contributed by atoms with E-state index in [2.05, 4.69) is 15.9 Å². The molecule has 1 aromatic heterocycles. The van der Waals surface area contributed by atoms with Crippen LogP contribution in [0.25, 0.3) is 5.76 Å². The highest BCUT2D eigenvalue weighted by molar-refractivity contribution is 9.10. The van der Waals surface area contributed by atoms with Gasteiger partial charge in [-0.3, -0.25) is 14.5 Å². The van der Waals surface area contributed by atoms with E-state index in [1.807, 2.05) is 26.0 Å². The zero-order valence-corrected chi connectivity index (χ0v) is 17.4. The maximum absolute atomic E-state index is 13.1. The zero-order chi connectivity index (χ0) is 20.7. The molecule has 2 aromatic carbocycles. The van der Waals surface area contributed by atoms with Gasteiger partial charge < -0.3 is 9.52 Å². The molecule has 4 rings (SSSR count). The van der Waals surface area contributed by atoms with Crippen molar-refractivity contribution in [1.29, 1.82) is 0 Å². The van der Waals surface area contributed by atoms with Crippen LogP contribution in [0.1, 0.15) is 28.5 Å². The third-order valence-corrected chi connectivity index (χ3v) is 5.74. The lowest BCUT2D eigenvalue weighted by molar-refractivity contribution is -0.132. The summed E-state index contributed by atoms with van der Waals surface area (Å²) in [7, 11) is 0. The number of furan rings is 1. The normalized spacial score (nSPS) is 18.4. The minimum absolute atomic E-state index is 0.00757. The van der Waals surface area contributed by atoms with Gasteiger partial charge in [-0.05, 0) is 55.3 Å². The second-order valence-electron chi connectivity index (χ2n) is 6.91. The average molecular weight is 452 g/mol. The predicted molar refractivity (Wildman–Crippen MR) is 114 cm³/mol. The number of aliphatic hydroxyl groups excluding tert-OH is 1. The van der Waals surface area contributed by atoms with E-state index in [1.54, 1.807) is 42.5 Å². The van der Waals surface area contributed by atoms with Crippen LogP contribution in [0.4, 0.5) is 5.69 Å². The number of benzene rings is 2. The second kappa shape index (κ2) is 7.37. The molecule has 1 N–H and O–H groups in total. The van der Waals surface area contributed by atoms with Gasteiger partial charge in [0.1, 0.15) is 17.6 Å². The van der Waals surface area contributed by atoms with Crippen LogP contribution in [0.5, 0.6) is 0 Å². The van der Waals surface area contributed by atoms with Gasteiger partial charge in [0.2, 0.25) is 0 Å². The molecule has 29 heavy (non-hydrogen) atoms. The van der Waals surface area contributed by atoms with Crippen molar-refractivity contribution in [1.82, 2.24) is 0 Å². The van der Waals surface area contributed by atoms with Gasteiger partial charge in [-0.1, -0.05) is 40.2 Å². The quantitative estimate of drug-likeness (QED) is 0.333. The van der Waals surface area contributed by atoms with Crippen LogP contribution in [0.15, 0.2) is 75.3 Å². The fourth-order valence-electron chi connectivity index (χ4n) is 3.56. The number of aryl methyl sites for hydroxylation is 1. The van der Waals surface area contributed by atoms with Crippen molar-refractivity contribution in [2.45, 2.75) is 19.9 Å². The number of anilines is 1. The molecule has 0 spiro atoms. The Morgan fingerprint density at radius 3 is 2.41 bits per heavy atom. The maximum atomic E-state index is 13.1. The van der Waals surface area contributed by atoms with Crippen LogP contribution in [0, 0.1) is 13.8 Å². The number of amides is 1. The summed E-state index contributed by atoms with van der Waals surface area (Å²) in [5.74, 6) is -1.26. The lowest BCUT2D eigenvalue weighted by Crippen LogP contribution is -2.30. The monoisotopic (exact) mass is 451 g/mol. The third-order valence-electron chi connectivity index (χ3n) is 5.21. The third kappa shape index (κ3) is 3.19. The highest BCUT2D eigenvalue weighted by atomic mass is 79.9. The van der Waals surface area contributed by atoms with Crippen molar-refractivity contribution in [2.75, 3.05) is 4.90 Å². The molecule has 0 saturated carbocycles. The maximum Gasteiger partial charge on any atom is 0.300 e. The molecule has 1 fully saturated rings. The van der Waals surface area contributed by atoms with Gasteiger partial charge >= 0.3 is 0 Å². The first-order chi connectivity index (χ1) is 13.9. The summed E-state index contributed by atoms with van der Waals surface area (Å²) in [6.07, 6.45) is 1.48. The molecule has 0 radical (unpaired) electrons. The Bertz CT molecular complexity index is 1130. The van der Waals surface area contributed by atoms with Crippen LogP contribution in [0.2, 0.25) is 0 Å². The molecule has 1 amide bonds. The molecular formula is C23H18BrNO4. The Morgan fingerprint density at radius 2 is 1.76 bits per heavy atom. The van der Waals surface area contributed by atoms with Gasteiger partial charge in [-0.2, -0.15) is 0 Å². The van der Waals surface area contributed by atoms with Crippen molar-refractivity contribution in [3.8, 4) is 0 Å². The van der Waals surface area contributed by atoms with E-state index >= 15 is 0 Å². The summed E-state index contributed by atoms with van der Waals surface area (Å²) < 4.78 is 6.41. The van der Waals surface area contributed by atoms with Gasteiger partial charge in [-0.25, -0.2) is 0 Å². The second-order valence-corrected chi connectivity index (χ2v) is 7.83. The minimum atomic E-state index is -0.853. The van der Waals surface area contributed by atoms with E-state index in [-0.39, 0.29) is 11.3 Å². The van der Waals surface area contributed by atoms with Gasteiger partial charge in [-0.15, -0.1) is 0 Å². The lowest BCUT2D eigenvalue weighted by Gasteiger charge is -2.25. The lowest BCUT2D eigenvalue weighted by atomic mass is 9.98. The number of halogens is 1. The van der Waals surface area contributed by atoms with Gasteiger partial charge in [0, 0.05) is 15.7 Å². The molecule has 1 aliphatic heterocycles. The minimum Gasteiger partial charge on any atom is -0.507 e. The molecule has 1 aliphatic rings. The van der Waals surface area contributed by atoms with Crippen LogP contribution in [0.3, 0.4) is 0 Å². The first-order valence-electron chi connectivity index (χ1n) is 9.06. The fraction of sp³-hybridized carbons (Fsp3) is 0.130. The number of nitrogens with zero attached hydrogens (tertiary/aromatic N) is 1. The van der Waals surface area contributed by atoms with E-state index in [4.69, 9.17) is 4.42 Å². The molecule has 6 heteroatoms. The van der Waals surface area contributed by atoms with E-state index in [0.717, 1.165) is 15.6 Å². The van der Waals surface area contributed by atoms with Crippen molar-refractivity contribution in [3.05, 3.63) is 93.4 Å². The molecule has 1 saturated heterocycles. The summed E-state index contributed by atoms with van der Waals surface area (Å²) >= 11 is 3.36. The smallest absolute Gasteiger partial charge is 0.300 e. The van der Waals surface area contributed by atoms with Crippen LogP contribution >= 0.6 is 15.9 Å². The fourth-order valence-corrected chi connectivity index (χ4v) is 3.82. The Kier molecular flexibility index (Phi) is 4.88. The van der Waals surface area contributed by atoms with Crippen LogP contribution in [-0.2, 0) is 9.59 Å². The summed E-state index contributed by atoms with van der Waals surface area (Å²) in [5, 5.41) is 11.0. The Labute approximate surface area is 176 Å². The number of carbonyl (C=O) groups is 2. The van der Waals surface area contributed by atoms with E-state index < -0.39 is 17.7 Å². The highest BCUT2D eigenvalue weighted by Gasteiger charge is 2.48. The van der Waals surface area contributed by atoms with Crippen LogP contribution in [-0.4, -0.2) is 16.8 Å². The Hall–Kier alpha value is -3.12. The van der Waals surface area contributed by atoms with Gasteiger partial charge in [0.05, 0.1) is 11.8 Å². The number of ketones is 1. The van der Waals surface area contributed by atoms with Gasteiger partial charge in [0.15, 0.2) is 0 Å².